The maximum absolute atomic E-state index is 5.87. The fourth-order valence-corrected chi connectivity index (χ4v) is 2.07. The zero-order valence-corrected chi connectivity index (χ0v) is 10.9. The van der Waals surface area contributed by atoms with Gasteiger partial charge < -0.3 is 5.32 Å². The average molecular weight is 270 g/mol. The summed E-state index contributed by atoms with van der Waals surface area (Å²) in [6.07, 6.45) is 1.75. The van der Waals surface area contributed by atoms with Crippen LogP contribution in [0.3, 0.4) is 0 Å². The minimum atomic E-state index is 0.729. The predicted molar refractivity (Wildman–Crippen MR) is 78.3 cm³/mol. The molecule has 1 N–H and O–H groups in total. The van der Waals surface area contributed by atoms with Gasteiger partial charge in [-0.15, -0.1) is 0 Å². The second kappa shape index (κ2) is 5.24. The van der Waals surface area contributed by atoms with E-state index in [1.165, 1.54) is 5.56 Å². The van der Waals surface area contributed by atoms with Gasteiger partial charge in [0.2, 0.25) is 0 Å². The van der Waals surface area contributed by atoms with Crippen molar-refractivity contribution in [3.63, 3.8) is 0 Å². The van der Waals surface area contributed by atoms with Crippen molar-refractivity contribution in [2.75, 3.05) is 5.32 Å². The molecule has 0 saturated carbocycles. The lowest BCUT2D eigenvalue weighted by molar-refractivity contribution is 1.06. The Morgan fingerprint density at radius 1 is 1.00 bits per heavy atom. The van der Waals surface area contributed by atoms with Crippen molar-refractivity contribution in [1.29, 1.82) is 0 Å². The highest BCUT2D eigenvalue weighted by atomic mass is 35.5. The van der Waals surface area contributed by atoms with Crippen LogP contribution in [0.25, 0.3) is 10.9 Å². The monoisotopic (exact) mass is 269 g/mol. The zero-order valence-electron chi connectivity index (χ0n) is 10.2. The number of nitrogens with zero attached hydrogens (tertiary/aromatic N) is 2. The maximum Gasteiger partial charge on any atom is 0.0950 e. The van der Waals surface area contributed by atoms with E-state index in [2.05, 4.69) is 15.5 Å². The van der Waals surface area contributed by atoms with Crippen molar-refractivity contribution in [1.82, 2.24) is 10.2 Å². The van der Waals surface area contributed by atoms with Gasteiger partial charge in [-0.3, -0.25) is 0 Å². The van der Waals surface area contributed by atoms with Gasteiger partial charge in [0.05, 0.1) is 17.4 Å². The molecule has 94 valence electrons. The summed E-state index contributed by atoms with van der Waals surface area (Å²) in [5.41, 5.74) is 3.05. The van der Waals surface area contributed by atoms with Crippen molar-refractivity contribution < 1.29 is 0 Å². The number of fused-ring (bicyclic) bond motifs is 1. The average Bonchev–Trinajstić information content (AvgIpc) is 2.47. The molecule has 0 fully saturated rings. The van der Waals surface area contributed by atoms with E-state index < -0.39 is 0 Å². The summed E-state index contributed by atoms with van der Waals surface area (Å²) in [6, 6.07) is 15.7. The van der Waals surface area contributed by atoms with Gasteiger partial charge in [-0.05, 0) is 23.8 Å². The Kier molecular flexibility index (Phi) is 3.29. The highest BCUT2D eigenvalue weighted by Gasteiger charge is 2.01. The third kappa shape index (κ3) is 2.66. The van der Waals surface area contributed by atoms with Crippen molar-refractivity contribution >= 4 is 28.2 Å². The second-order valence-electron chi connectivity index (χ2n) is 4.26. The Labute approximate surface area is 116 Å². The van der Waals surface area contributed by atoms with Crippen molar-refractivity contribution in [3.8, 4) is 0 Å². The van der Waals surface area contributed by atoms with Crippen LogP contribution in [0.15, 0.2) is 54.7 Å². The van der Waals surface area contributed by atoms with Crippen LogP contribution in [0.1, 0.15) is 5.56 Å². The Bertz CT molecular complexity index is 690. The first-order valence-corrected chi connectivity index (χ1v) is 6.39. The number of rotatable bonds is 3. The fraction of sp³-hybridized carbons (Fsp3) is 0.0667. The van der Waals surface area contributed by atoms with Crippen molar-refractivity contribution in [2.45, 2.75) is 6.54 Å². The van der Waals surface area contributed by atoms with Gasteiger partial charge in [0.15, 0.2) is 0 Å². The molecular weight excluding hydrogens is 258 g/mol. The van der Waals surface area contributed by atoms with Gasteiger partial charge in [-0.2, -0.15) is 10.2 Å². The molecule has 0 spiro atoms. The van der Waals surface area contributed by atoms with Crippen LogP contribution in [0.2, 0.25) is 5.02 Å². The number of hydrogen-bond acceptors (Lipinski definition) is 3. The Hall–Kier alpha value is -2.13. The van der Waals surface area contributed by atoms with E-state index in [-0.39, 0.29) is 0 Å². The third-order valence-electron chi connectivity index (χ3n) is 2.94. The normalized spacial score (nSPS) is 10.6. The molecule has 0 bridgehead atoms. The molecule has 3 rings (SSSR count). The van der Waals surface area contributed by atoms with Crippen LogP contribution in [0.4, 0.5) is 5.69 Å². The first-order chi connectivity index (χ1) is 9.33. The van der Waals surface area contributed by atoms with Gasteiger partial charge in [-0.25, -0.2) is 0 Å². The lowest BCUT2D eigenvalue weighted by atomic mass is 10.2. The Morgan fingerprint density at radius 2 is 1.79 bits per heavy atom. The second-order valence-corrected chi connectivity index (χ2v) is 4.69. The van der Waals surface area contributed by atoms with Crippen molar-refractivity contribution in [3.05, 3.63) is 65.3 Å². The summed E-state index contributed by atoms with van der Waals surface area (Å²) in [6.45, 7) is 0.729. The molecule has 0 atom stereocenters. The van der Waals surface area contributed by atoms with Gasteiger partial charge in [0.1, 0.15) is 0 Å². The van der Waals surface area contributed by atoms with Gasteiger partial charge in [-0.1, -0.05) is 41.9 Å². The van der Waals surface area contributed by atoms with Crippen LogP contribution < -0.4 is 5.32 Å². The summed E-state index contributed by atoms with van der Waals surface area (Å²) in [5.74, 6) is 0. The van der Waals surface area contributed by atoms with E-state index in [4.69, 9.17) is 11.6 Å². The molecule has 4 heteroatoms. The standard InChI is InChI=1S/C15H12ClN3/c16-12-7-5-11(6-8-12)9-17-15-10-18-19-14-4-2-1-3-13(14)15/h1-8,10H,9H2,(H,17,19). The largest absolute Gasteiger partial charge is 0.379 e. The molecule has 0 unspecified atom stereocenters. The summed E-state index contributed by atoms with van der Waals surface area (Å²) < 4.78 is 0. The topological polar surface area (TPSA) is 37.8 Å². The van der Waals surface area contributed by atoms with Gasteiger partial charge >= 0.3 is 0 Å². The minimum Gasteiger partial charge on any atom is -0.379 e. The molecule has 3 aromatic rings. The number of hydrogen-bond donors (Lipinski definition) is 1. The number of benzene rings is 2. The van der Waals surface area contributed by atoms with Crippen LogP contribution >= 0.6 is 11.6 Å². The SMILES string of the molecule is Clc1ccc(CNc2cnnc3ccccc23)cc1. The van der Waals surface area contributed by atoms with E-state index >= 15 is 0 Å². The molecule has 3 nitrogen and oxygen atoms in total. The highest BCUT2D eigenvalue weighted by Crippen LogP contribution is 2.20. The number of aromatic nitrogens is 2. The van der Waals surface area contributed by atoms with E-state index in [1.807, 2.05) is 48.5 Å². The predicted octanol–water partition coefficient (Wildman–Crippen LogP) is 3.90. The quantitative estimate of drug-likeness (QED) is 0.784. The molecule has 0 amide bonds. The molecular formula is C15H12ClN3. The lowest BCUT2D eigenvalue weighted by Gasteiger charge is -2.08. The number of nitrogens with one attached hydrogen (secondary N) is 1. The van der Waals surface area contributed by atoms with Crippen LogP contribution in [-0.2, 0) is 6.54 Å². The first kappa shape index (κ1) is 11.9. The lowest BCUT2D eigenvalue weighted by Crippen LogP contribution is -2.01. The molecule has 2 aromatic carbocycles. The fourth-order valence-electron chi connectivity index (χ4n) is 1.95. The number of anilines is 1. The van der Waals surface area contributed by atoms with Crippen LogP contribution in [0.5, 0.6) is 0 Å². The molecule has 1 aromatic heterocycles. The van der Waals surface area contributed by atoms with Gasteiger partial charge in [0.25, 0.3) is 0 Å². The first-order valence-electron chi connectivity index (χ1n) is 6.02. The summed E-state index contributed by atoms with van der Waals surface area (Å²) in [7, 11) is 0. The Balaban J connectivity index is 1.84. The van der Waals surface area contributed by atoms with Crippen molar-refractivity contribution in [2.24, 2.45) is 0 Å². The maximum atomic E-state index is 5.87. The van der Waals surface area contributed by atoms with E-state index in [0.29, 0.717) is 0 Å². The van der Waals surface area contributed by atoms with E-state index in [9.17, 15) is 0 Å². The third-order valence-corrected chi connectivity index (χ3v) is 3.19. The molecule has 19 heavy (non-hydrogen) atoms. The molecule has 0 aliphatic heterocycles. The zero-order chi connectivity index (χ0) is 13.1. The summed E-state index contributed by atoms with van der Waals surface area (Å²) in [4.78, 5) is 0. The molecule has 0 saturated heterocycles. The van der Waals surface area contributed by atoms with Gasteiger partial charge in [0, 0.05) is 17.0 Å². The summed E-state index contributed by atoms with van der Waals surface area (Å²) in [5, 5.41) is 13.3. The smallest absolute Gasteiger partial charge is 0.0950 e. The van der Waals surface area contributed by atoms with Crippen LogP contribution in [-0.4, -0.2) is 10.2 Å². The Morgan fingerprint density at radius 3 is 2.63 bits per heavy atom. The molecule has 0 aliphatic rings. The van der Waals surface area contributed by atoms with E-state index in [1.54, 1.807) is 6.20 Å². The summed E-state index contributed by atoms with van der Waals surface area (Å²) >= 11 is 5.87. The molecule has 0 aliphatic carbocycles. The highest BCUT2D eigenvalue weighted by molar-refractivity contribution is 6.30. The van der Waals surface area contributed by atoms with Crippen LogP contribution in [0, 0.1) is 0 Å². The minimum absolute atomic E-state index is 0.729. The van der Waals surface area contributed by atoms with E-state index in [0.717, 1.165) is 28.2 Å². The number of halogens is 1. The molecule has 0 radical (unpaired) electrons. The molecule has 1 heterocycles.